The lowest BCUT2D eigenvalue weighted by atomic mass is 9.85. The first kappa shape index (κ1) is 21.9. The zero-order chi connectivity index (χ0) is 23.3. The molecule has 2 amide bonds. The maximum Gasteiger partial charge on any atom is 0.283 e. The predicted octanol–water partition coefficient (Wildman–Crippen LogP) is 3.63. The van der Waals surface area contributed by atoms with Crippen LogP contribution < -0.4 is 4.90 Å². The van der Waals surface area contributed by atoms with E-state index in [9.17, 15) is 22.8 Å². The topological polar surface area (TPSA) is 71.3 Å². The Hall–Kier alpha value is -2.91. The molecule has 0 radical (unpaired) electrons. The van der Waals surface area contributed by atoms with Gasteiger partial charge in [-0.05, 0) is 37.3 Å². The lowest BCUT2D eigenvalue weighted by Gasteiger charge is -2.35. The van der Waals surface area contributed by atoms with E-state index in [-0.39, 0.29) is 41.9 Å². The van der Waals surface area contributed by atoms with Crippen LogP contribution >= 0.6 is 0 Å². The largest absolute Gasteiger partial charge is 0.332 e. The normalized spacial score (nSPS) is 22.0. The summed E-state index contributed by atoms with van der Waals surface area (Å²) in [6, 6.07) is 2.00. The van der Waals surface area contributed by atoms with Gasteiger partial charge in [0.1, 0.15) is 5.69 Å². The minimum atomic E-state index is -3.05. The van der Waals surface area contributed by atoms with Crippen molar-refractivity contribution >= 4 is 17.5 Å². The van der Waals surface area contributed by atoms with Crippen molar-refractivity contribution < 1.29 is 22.8 Å². The highest BCUT2D eigenvalue weighted by Crippen LogP contribution is 2.47. The van der Waals surface area contributed by atoms with Crippen molar-refractivity contribution in [3.05, 3.63) is 41.2 Å². The number of anilines is 1. The molecule has 1 aliphatic carbocycles. The monoisotopic (exact) mass is 461 g/mol. The van der Waals surface area contributed by atoms with Crippen LogP contribution in [0.3, 0.4) is 0 Å². The maximum atomic E-state index is 13.6. The number of hydrogen-bond acceptors (Lipinski definition) is 4. The number of pyridine rings is 1. The molecule has 1 atom stereocenters. The van der Waals surface area contributed by atoms with Crippen molar-refractivity contribution in [1.29, 1.82) is 0 Å². The fourth-order valence-corrected chi connectivity index (χ4v) is 5.53. The SMILES string of the molecule is C[C@H]1Cn2ncc(N3CC4(CCCC4)CC3=O)c2CN1C(=O)Cc1ccc(F)c(C(F)F)n1. The number of halogens is 3. The molecule has 3 aliphatic rings. The van der Waals surface area contributed by atoms with E-state index in [1.807, 2.05) is 16.5 Å². The van der Waals surface area contributed by atoms with E-state index in [4.69, 9.17) is 0 Å². The van der Waals surface area contributed by atoms with Gasteiger partial charge in [0.15, 0.2) is 5.82 Å². The zero-order valence-electron chi connectivity index (χ0n) is 18.4. The summed E-state index contributed by atoms with van der Waals surface area (Å²) in [5.74, 6) is -1.28. The number of fused-ring (bicyclic) bond motifs is 1. The molecule has 2 aromatic heterocycles. The first-order chi connectivity index (χ1) is 15.8. The highest BCUT2D eigenvalue weighted by molar-refractivity contribution is 5.97. The Morgan fingerprint density at radius 2 is 2.03 bits per heavy atom. The summed E-state index contributed by atoms with van der Waals surface area (Å²) in [5, 5.41) is 4.47. The third-order valence-electron chi connectivity index (χ3n) is 7.28. The average Bonchev–Trinajstić information content (AvgIpc) is 3.47. The summed E-state index contributed by atoms with van der Waals surface area (Å²) < 4.78 is 41.4. The third-order valence-corrected chi connectivity index (χ3v) is 7.28. The van der Waals surface area contributed by atoms with Crippen molar-refractivity contribution in [2.24, 2.45) is 5.41 Å². The molecule has 7 nitrogen and oxygen atoms in total. The van der Waals surface area contributed by atoms with Gasteiger partial charge < -0.3 is 9.80 Å². The van der Waals surface area contributed by atoms with Crippen LogP contribution in [-0.4, -0.2) is 44.1 Å². The second-order valence-corrected chi connectivity index (χ2v) is 9.54. The third kappa shape index (κ3) is 3.89. The molecule has 0 aromatic carbocycles. The van der Waals surface area contributed by atoms with Crippen molar-refractivity contribution in [2.75, 3.05) is 11.4 Å². The predicted molar refractivity (Wildman–Crippen MR) is 113 cm³/mol. The number of carbonyl (C=O) groups is 2. The first-order valence-corrected chi connectivity index (χ1v) is 11.3. The molecule has 0 bridgehead atoms. The molecule has 5 rings (SSSR count). The van der Waals surface area contributed by atoms with Crippen LogP contribution in [0.5, 0.6) is 0 Å². The fraction of sp³-hybridized carbons (Fsp3) is 0.565. The average molecular weight is 461 g/mol. The Morgan fingerprint density at radius 1 is 1.27 bits per heavy atom. The smallest absolute Gasteiger partial charge is 0.283 e. The van der Waals surface area contributed by atoms with Gasteiger partial charge >= 0.3 is 0 Å². The van der Waals surface area contributed by atoms with E-state index in [0.29, 0.717) is 19.5 Å². The molecule has 0 N–H and O–H groups in total. The quantitative estimate of drug-likeness (QED) is 0.697. The standard InChI is InChI=1S/C23H26F3N5O2/c1-14-11-31-18(17(10-27-31)30-13-23(9-20(30)33)6-2-3-7-23)12-29(14)19(32)8-15-4-5-16(24)21(28-15)22(25)26/h4-5,10,14,22H,2-3,6-9,11-13H2,1H3/t14-/m0/s1. The molecule has 4 heterocycles. The fourth-order valence-electron chi connectivity index (χ4n) is 5.53. The number of carbonyl (C=O) groups excluding carboxylic acids is 2. The summed E-state index contributed by atoms with van der Waals surface area (Å²) in [4.78, 5) is 33.1. The molecular formula is C23H26F3N5O2. The lowest BCUT2D eigenvalue weighted by molar-refractivity contribution is -0.134. The van der Waals surface area contributed by atoms with Gasteiger partial charge in [-0.25, -0.2) is 18.2 Å². The molecule has 2 aliphatic heterocycles. The van der Waals surface area contributed by atoms with E-state index in [0.717, 1.165) is 43.1 Å². The highest BCUT2D eigenvalue weighted by Gasteiger charge is 2.46. The molecule has 2 fully saturated rings. The van der Waals surface area contributed by atoms with E-state index in [1.165, 1.54) is 6.07 Å². The summed E-state index contributed by atoms with van der Waals surface area (Å²) in [6.07, 6.45) is 3.43. The summed E-state index contributed by atoms with van der Waals surface area (Å²) in [6.45, 7) is 3.30. The Labute approximate surface area is 189 Å². The Kier molecular flexibility index (Phi) is 5.41. The molecule has 1 saturated heterocycles. The van der Waals surface area contributed by atoms with Crippen LogP contribution in [0.15, 0.2) is 18.3 Å². The molecule has 176 valence electrons. The van der Waals surface area contributed by atoms with E-state index in [2.05, 4.69) is 10.1 Å². The summed E-state index contributed by atoms with van der Waals surface area (Å²) in [7, 11) is 0. The van der Waals surface area contributed by atoms with Crippen molar-refractivity contribution in [3.8, 4) is 0 Å². The minimum Gasteiger partial charge on any atom is -0.332 e. The van der Waals surface area contributed by atoms with Gasteiger partial charge in [0.2, 0.25) is 11.8 Å². The molecule has 0 unspecified atom stereocenters. The number of rotatable bonds is 4. The van der Waals surface area contributed by atoms with Gasteiger partial charge in [-0.2, -0.15) is 5.10 Å². The Morgan fingerprint density at radius 3 is 2.76 bits per heavy atom. The van der Waals surface area contributed by atoms with Crippen molar-refractivity contribution in [3.63, 3.8) is 0 Å². The Bertz CT molecular complexity index is 1100. The van der Waals surface area contributed by atoms with Gasteiger partial charge in [-0.15, -0.1) is 0 Å². The van der Waals surface area contributed by atoms with Gasteiger partial charge in [0.05, 0.1) is 42.8 Å². The molecule has 1 spiro atoms. The summed E-state index contributed by atoms with van der Waals surface area (Å²) >= 11 is 0. The van der Waals surface area contributed by atoms with Gasteiger partial charge in [0, 0.05) is 19.0 Å². The van der Waals surface area contributed by atoms with E-state index >= 15 is 0 Å². The number of aromatic nitrogens is 3. The summed E-state index contributed by atoms with van der Waals surface area (Å²) in [5.41, 5.74) is 0.750. The van der Waals surface area contributed by atoms with Crippen LogP contribution in [0.2, 0.25) is 0 Å². The van der Waals surface area contributed by atoms with Crippen molar-refractivity contribution in [1.82, 2.24) is 19.7 Å². The van der Waals surface area contributed by atoms with Crippen LogP contribution in [0.1, 0.15) is 62.5 Å². The second kappa shape index (κ2) is 8.14. The van der Waals surface area contributed by atoms with Crippen LogP contribution in [0.4, 0.5) is 18.9 Å². The number of hydrogen-bond donors (Lipinski definition) is 0. The molecule has 10 heteroatoms. The minimum absolute atomic E-state index is 0.0556. The van der Waals surface area contributed by atoms with Crippen LogP contribution in [0.25, 0.3) is 0 Å². The van der Waals surface area contributed by atoms with E-state index < -0.39 is 17.9 Å². The first-order valence-electron chi connectivity index (χ1n) is 11.3. The Balaban J connectivity index is 1.35. The molecular weight excluding hydrogens is 435 g/mol. The molecule has 2 aromatic rings. The van der Waals surface area contributed by atoms with Gasteiger partial charge in [-0.3, -0.25) is 14.3 Å². The van der Waals surface area contributed by atoms with Crippen LogP contribution in [0, 0.1) is 11.2 Å². The molecule has 33 heavy (non-hydrogen) atoms. The van der Waals surface area contributed by atoms with E-state index in [1.54, 1.807) is 11.1 Å². The lowest BCUT2D eigenvalue weighted by Crippen LogP contribution is -2.46. The van der Waals surface area contributed by atoms with Crippen molar-refractivity contribution in [2.45, 2.75) is 71.0 Å². The van der Waals surface area contributed by atoms with Gasteiger partial charge in [0.25, 0.3) is 6.43 Å². The van der Waals surface area contributed by atoms with Gasteiger partial charge in [-0.1, -0.05) is 12.8 Å². The highest BCUT2D eigenvalue weighted by atomic mass is 19.3. The maximum absolute atomic E-state index is 13.6. The van der Waals surface area contributed by atoms with Crippen LogP contribution in [-0.2, 0) is 29.1 Å². The molecule has 1 saturated carbocycles. The second-order valence-electron chi connectivity index (χ2n) is 9.54. The number of nitrogens with zero attached hydrogens (tertiary/aromatic N) is 5. The zero-order valence-corrected chi connectivity index (χ0v) is 18.4. The number of alkyl halides is 2. The number of amides is 2.